The van der Waals surface area contributed by atoms with Gasteiger partial charge in [0.25, 0.3) is 0 Å². The van der Waals surface area contributed by atoms with E-state index in [9.17, 15) is 0 Å². The van der Waals surface area contributed by atoms with Gasteiger partial charge in [0.2, 0.25) is 0 Å². The lowest BCUT2D eigenvalue weighted by molar-refractivity contribution is 0.122. The van der Waals surface area contributed by atoms with Gasteiger partial charge < -0.3 is 9.64 Å². The zero-order valence-electron chi connectivity index (χ0n) is 13.1. The summed E-state index contributed by atoms with van der Waals surface area (Å²) in [6.45, 7) is 5.33. The van der Waals surface area contributed by atoms with Gasteiger partial charge in [-0.1, -0.05) is 0 Å². The van der Waals surface area contributed by atoms with Crippen molar-refractivity contribution in [2.75, 3.05) is 31.2 Å². The fraction of sp³-hybridized carbons (Fsp3) is 0.278. The summed E-state index contributed by atoms with van der Waals surface area (Å²) in [6.07, 6.45) is 3.70. The molecular weight excluding hydrogens is 288 g/mol. The third-order valence-electron chi connectivity index (χ3n) is 4.17. The first-order valence-electron chi connectivity index (χ1n) is 7.83. The third kappa shape index (κ3) is 2.75. The number of aryl methyl sites for hydroxylation is 1. The van der Waals surface area contributed by atoms with Crippen LogP contribution < -0.4 is 4.90 Å². The molecule has 5 nitrogen and oxygen atoms in total. The van der Waals surface area contributed by atoms with Gasteiger partial charge in [-0.25, -0.2) is 4.98 Å². The minimum atomic E-state index is 0.764. The van der Waals surface area contributed by atoms with E-state index in [1.165, 1.54) is 0 Å². The van der Waals surface area contributed by atoms with Crippen LogP contribution in [-0.2, 0) is 4.74 Å². The van der Waals surface area contributed by atoms with Gasteiger partial charge in [-0.3, -0.25) is 9.97 Å². The molecular formula is C18H18N4O. The van der Waals surface area contributed by atoms with E-state index in [4.69, 9.17) is 9.72 Å². The van der Waals surface area contributed by atoms with Gasteiger partial charge in [0.1, 0.15) is 5.82 Å². The maximum atomic E-state index is 5.38. The van der Waals surface area contributed by atoms with Crippen LogP contribution in [0.5, 0.6) is 0 Å². The molecule has 0 saturated carbocycles. The summed E-state index contributed by atoms with van der Waals surface area (Å²) >= 11 is 0. The average molecular weight is 306 g/mol. The van der Waals surface area contributed by atoms with E-state index in [1.54, 1.807) is 0 Å². The predicted molar refractivity (Wildman–Crippen MR) is 90.5 cm³/mol. The van der Waals surface area contributed by atoms with Crippen molar-refractivity contribution in [3.05, 3.63) is 48.4 Å². The second kappa shape index (κ2) is 5.93. The summed E-state index contributed by atoms with van der Waals surface area (Å²) in [6, 6.07) is 10.1. The molecule has 5 heteroatoms. The smallest absolute Gasteiger partial charge is 0.128 e. The monoisotopic (exact) mass is 306 g/mol. The topological polar surface area (TPSA) is 51.1 Å². The van der Waals surface area contributed by atoms with Crippen LogP contribution in [0, 0.1) is 6.92 Å². The first kappa shape index (κ1) is 14.1. The molecule has 0 aromatic carbocycles. The van der Waals surface area contributed by atoms with Crippen LogP contribution in [0.3, 0.4) is 0 Å². The Morgan fingerprint density at radius 1 is 1.09 bits per heavy atom. The quantitative estimate of drug-likeness (QED) is 0.728. The van der Waals surface area contributed by atoms with Crippen LogP contribution in [0.15, 0.2) is 42.7 Å². The van der Waals surface area contributed by atoms with Crippen molar-refractivity contribution in [2.24, 2.45) is 0 Å². The Morgan fingerprint density at radius 2 is 1.96 bits per heavy atom. The summed E-state index contributed by atoms with van der Waals surface area (Å²) in [5, 5.41) is 1.09. The van der Waals surface area contributed by atoms with Crippen molar-refractivity contribution in [3.63, 3.8) is 0 Å². The van der Waals surface area contributed by atoms with E-state index in [1.807, 2.05) is 37.5 Å². The first-order valence-corrected chi connectivity index (χ1v) is 7.83. The Morgan fingerprint density at radius 3 is 2.74 bits per heavy atom. The third-order valence-corrected chi connectivity index (χ3v) is 4.17. The van der Waals surface area contributed by atoms with Gasteiger partial charge in [0.15, 0.2) is 0 Å². The number of ether oxygens (including phenoxy) is 1. The molecule has 3 aromatic rings. The molecule has 1 fully saturated rings. The van der Waals surface area contributed by atoms with E-state index < -0.39 is 0 Å². The first-order chi connectivity index (χ1) is 11.3. The molecule has 0 bridgehead atoms. The molecule has 23 heavy (non-hydrogen) atoms. The molecule has 4 heterocycles. The fourth-order valence-corrected chi connectivity index (χ4v) is 2.91. The molecule has 1 aliphatic rings. The average Bonchev–Trinajstić information content (AvgIpc) is 2.63. The van der Waals surface area contributed by atoms with Crippen molar-refractivity contribution in [1.82, 2.24) is 15.0 Å². The minimum Gasteiger partial charge on any atom is -0.378 e. The number of anilines is 1. The molecule has 116 valence electrons. The molecule has 1 aliphatic heterocycles. The van der Waals surface area contributed by atoms with E-state index in [-0.39, 0.29) is 0 Å². The number of rotatable bonds is 2. The van der Waals surface area contributed by atoms with Crippen LogP contribution in [0.2, 0.25) is 0 Å². The van der Waals surface area contributed by atoms with E-state index in [0.717, 1.165) is 60.0 Å². The number of nitrogens with zero attached hydrogens (tertiary/aromatic N) is 4. The zero-order chi connectivity index (χ0) is 15.6. The predicted octanol–water partition coefficient (Wildman–Crippen LogP) is 2.84. The normalized spacial score (nSPS) is 15.1. The van der Waals surface area contributed by atoms with Gasteiger partial charge in [-0.05, 0) is 37.3 Å². The van der Waals surface area contributed by atoms with Crippen molar-refractivity contribution < 1.29 is 4.74 Å². The van der Waals surface area contributed by atoms with Gasteiger partial charge in [-0.2, -0.15) is 0 Å². The molecule has 3 aromatic heterocycles. The van der Waals surface area contributed by atoms with Crippen molar-refractivity contribution >= 4 is 16.7 Å². The van der Waals surface area contributed by atoms with Crippen molar-refractivity contribution in [2.45, 2.75) is 6.92 Å². The molecule has 0 radical (unpaired) electrons. The van der Waals surface area contributed by atoms with E-state index in [0.29, 0.717) is 0 Å². The molecule has 0 atom stereocenters. The van der Waals surface area contributed by atoms with Crippen LogP contribution in [0.1, 0.15) is 5.69 Å². The Hall–Kier alpha value is -2.53. The van der Waals surface area contributed by atoms with Gasteiger partial charge in [0.05, 0.1) is 24.4 Å². The zero-order valence-corrected chi connectivity index (χ0v) is 13.1. The highest BCUT2D eigenvalue weighted by molar-refractivity contribution is 5.84. The van der Waals surface area contributed by atoms with E-state index >= 15 is 0 Å². The second-order valence-corrected chi connectivity index (χ2v) is 5.67. The van der Waals surface area contributed by atoms with Crippen LogP contribution in [-0.4, -0.2) is 41.3 Å². The Balaban J connectivity index is 1.67. The van der Waals surface area contributed by atoms with Crippen LogP contribution in [0.4, 0.5) is 5.82 Å². The second-order valence-electron chi connectivity index (χ2n) is 5.67. The lowest BCUT2D eigenvalue weighted by atomic mass is 10.1. The summed E-state index contributed by atoms with van der Waals surface area (Å²) in [7, 11) is 0. The lowest BCUT2D eigenvalue weighted by Crippen LogP contribution is -2.36. The largest absolute Gasteiger partial charge is 0.378 e. The highest BCUT2D eigenvalue weighted by Gasteiger charge is 2.13. The fourth-order valence-electron chi connectivity index (χ4n) is 2.91. The van der Waals surface area contributed by atoms with Gasteiger partial charge >= 0.3 is 0 Å². The Labute approximate surface area is 135 Å². The maximum absolute atomic E-state index is 5.38. The van der Waals surface area contributed by atoms with Gasteiger partial charge in [0, 0.05) is 42.1 Å². The van der Waals surface area contributed by atoms with Crippen LogP contribution >= 0.6 is 0 Å². The molecule has 4 rings (SSSR count). The molecule has 0 amide bonds. The van der Waals surface area contributed by atoms with Crippen molar-refractivity contribution in [3.8, 4) is 11.3 Å². The number of morpholine rings is 1. The number of aromatic nitrogens is 3. The van der Waals surface area contributed by atoms with Crippen LogP contribution in [0.25, 0.3) is 22.2 Å². The Kier molecular flexibility index (Phi) is 3.63. The molecule has 1 saturated heterocycles. The standard InChI is InChI=1S/C18H18N4O/c1-13-15-3-2-6-19-17(15)11-16(21-13)14-4-5-18(20-12-14)22-7-9-23-10-8-22/h2-6,11-12H,7-10H2,1H3. The number of hydrogen-bond acceptors (Lipinski definition) is 5. The minimum absolute atomic E-state index is 0.764. The number of pyridine rings is 3. The number of fused-ring (bicyclic) bond motifs is 1. The summed E-state index contributed by atoms with van der Waals surface area (Å²) < 4.78 is 5.38. The molecule has 0 spiro atoms. The van der Waals surface area contributed by atoms with Crippen molar-refractivity contribution in [1.29, 1.82) is 0 Å². The molecule has 0 unspecified atom stereocenters. The maximum Gasteiger partial charge on any atom is 0.128 e. The summed E-state index contributed by atoms with van der Waals surface area (Å²) in [5.41, 5.74) is 3.88. The lowest BCUT2D eigenvalue weighted by Gasteiger charge is -2.27. The highest BCUT2D eigenvalue weighted by atomic mass is 16.5. The summed E-state index contributed by atoms with van der Waals surface area (Å²) in [5.74, 6) is 0.993. The summed E-state index contributed by atoms with van der Waals surface area (Å²) in [4.78, 5) is 16.0. The SMILES string of the molecule is Cc1nc(-c2ccc(N3CCOCC3)nc2)cc2ncccc12. The van der Waals surface area contributed by atoms with E-state index in [2.05, 4.69) is 27.0 Å². The Bertz CT molecular complexity index is 826. The molecule has 0 aliphatic carbocycles. The van der Waals surface area contributed by atoms with Gasteiger partial charge in [-0.15, -0.1) is 0 Å². The molecule has 0 N–H and O–H groups in total. The highest BCUT2D eigenvalue weighted by Crippen LogP contribution is 2.24. The number of hydrogen-bond donors (Lipinski definition) is 0.